The highest BCUT2D eigenvalue weighted by molar-refractivity contribution is 6.32. The molecule has 0 atom stereocenters. The molecule has 0 aliphatic carbocycles. The zero-order chi connectivity index (χ0) is 29.5. The van der Waals surface area contributed by atoms with Crippen molar-refractivity contribution in [3.63, 3.8) is 0 Å². The first kappa shape index (κ1) is 27.6. The van der Waals surface area contributed by atoms with Crippen molar-refractivity contribution in [2.24, 2.45) is 0 Å². The quantitative estimate of drug-likeness (QED) is 0.249. The van der Waals surface area contributed by atoms with Gasteiger partial charge in [-0.05, 0) is 42.5 Å². The molecule has 0 unspecified atom stereocenters. The van der Waals surface area contributed by atoms with Crippen molar-refractivity contribution in [2.45, 2.75) is 19.7 Å². The van der Waals surface area contributed by atoms with Gasteiger partial charge in [-0.2, -0.15) is 23.3 Å². The molecule has 1 amide bonds. The summed E-state index contributed by atoms with van der Waals surface area (Å²) in [4.78, 5) is 34.0. The molecule has 0 aliphatic heterocycles. The molecule has 0 radical (unpaired) electrons. The molecule has 0 saturated carbocycles. The number of pyridine rings is 1. The van der Waals surface area contributed by atoms with Crippen LogP contribution in [0.2, 0.25) is 5.02 Å². The van der Waals surface area contributed by atoms with Crippen molar-refractivity contribution in [2.75, 3.05) is 11.9 Å². The third-order valence-corrected chi connectivity index (χ3v) is 6.43. The summed E-state index contributed by atoms with van der Waals surface area (Å²) in [5, 5.41) is 12.1. The standard InChI is InChI=1S/C27H19ClF3N5O5/c1-14-33-24-21(41-14)11-18(12-32-24)35(2)25(37)16-4-3-5-17(10-16)36-20(22(28)23(34-36)27(29,30)31)13-40-19-8-6-15(7-9-19)26(38)39/h3-12H,13H2,1-2H3,(H,38,39). The van der Waals surface area contributed by atoms with Gasteiger partial charge in [-0.1, -0.05) is 17.7 Å². The number of aryl methyl sites for hydroxylation is 1. The van der Waals surface area contributed by atoms with Crippen LogP contribution in [0.3, 0.4) is 0 Å². The minimum absolute atomic E-state index is 0.0119. The molecule has 41 heavy (non-hydrogen) atoms. The lowest BCUT2D eigenvalue weighted by atomic mass is 10.1. The number of hydrogen-bond acceptors (Lipinski definition) is 7. The fourth-order valence-electron chi connectivity index (χ4n) is 3.98. The first-order chi connectivity index (χ1) is 19.4. The van der Waals surface area contributed by atoms with Crippen molar-refractivity contribution in [1.82, 2.24) is 19.7 Å². The second-order valence-corrected chi connectivity index (χ2v) is 9.18. The number of aromatic nitrogens is 4. The predicted octanol–water partition coefficient (Wildman–Crippen LogP) is 5.94. The van der Waals surface area contributed by atoms with E-state index in [0.717, 1.165) is 4.68 Å². The summed E-state index contributed by atoms with van der Waals surface area (Å²) in [6, 6.07) is 12.8. The monoisotopic (exact) mass is 585 g/mol. The van der Waals surface area contributed by atoms with Gasteiger partial charge in [0.2, 0.25) is 0 Å². The van der Waals surface area contributed by atoms with Crippen LogP contribution in [0.1, 0.15) is 38.0 Å². The molecule has 2 aromatic carbocycles. The molecule has 0 bridgehead atoms. The Labute approximate surface area is 234 Å². The minimum Gasteiger partial charge on any atom is -0.487 e. The van der Waals surface area contributed by atoms with E-state index in [1.807, 2.05) is 0 Å². The lowest BCUT2D eigenvalue weighted by molar-refractivity contribution is -0.141. The topological polar surface area (TPSA) is 124 Å². The number of carboxylic acids is 1. The molecule has 3 aromatic heterocycles. The van der Waals surface area contributed by atoms with Crippen molar-refractivity contribution >= 4 is 40.4 Å². The number of carbonyl (C=O) groups excluding carboxylic acids is 1. The number of rotatable bonds is 7. The summed E-state index contributed by atoms with van der Waals surface area (Å²) in [5.74, 6) is -1.00. The summed E-state index contributed by atoms with van der Waals surface area (Å²) < 4.78 is 53.2. The largest absolute Gasteiger partial charge is 0.487 e. The van der Waals surface area contributed by atoms with E-state index in [9.17, 15) is 22.8 Å². The van der Waals surface area contributed by atoms with Crippen molar-refractivity contribution in [3.8, 4) is 11.4 Å². The SMILES string of the molecule is Cc1nc2ncc(N(C)C(=O)c3cccc(-n4nc(C(F)(F)F)c(Cl)c4COc4ccc(C(=O)O)cc4)c3)cc2o1. The number of oxazole rings is 1. The lowest BCUT2D eigenvalue weighted by Gasteiger charge is -2.17. The number of hydrogen-bond donors (Lipinski definition) is 1. The third-order valence-electron chi connectivity index (χ3n) is 6.03. The summed E-state index contributed by atoms with van der Waals surface area (Å²) >= 11 is 6.12. The van der Waals surface area contributed by atoms with E-state index < -0.39 is 35.4 Å². The van der Waals surface area contributed by atoms with E-state index in [1.165, 1.54) is 66.7 Å². The number of nitrogens with zero attached hydrogens (tertiary/aromatic N) is 5. The van der Waals surface area contributed by atoms with Crippen LogP contribution >= 0.6 is 11.6 Å². The Hall–Kier alpha value is -4.91. The molecule has 3 heterocycles. The first-order valence-electron chi connectivity index (χ1n) is 11.8. The number of benzene rings is 2. The van der Waals surface area contributed by atoms with Crippen LogP contribution in [0.5, 0.6) is 5.75 Å². The Morgan fingerprint density at radius 3 is 2.54 bits per heavy atom. The normalized spacial score (nSPS) is 11.6. The van der Waals surface area contributed by atoms with Crippen LogP contribution in [0.25, 0.3) is 16.9 Å². The summed E-state index contributed by atoms with van der Waals surface area (Å²) in [7, 11) is 1.52. The van der Waals surface area contributed by atoms with Gasteiger partial charge in [-0.25, -0.2) is 14.5 Å². The van der Waals surface area contributed by atoms with Crippen LogP contribution in [0, 0.1) is 6.92 Å². The molecular weight excluding hydrogens is 567 g/mol. The van der Waals surface area contributed by atoms with Crippen molar-refractivity contribution < 1.29 is 37.0 Å². The maximum atomic E-state index is 13.7. The molecule has 210 valence electrons. The highest BCUT2D eigenvalue weighted by Crippen LogP contribution is 2.37. The maximum Gasteiger partial charge on any atom is 0.436 e. The Morgan fingerprint density at radius 2 is 1.85 bits per heavy atom. The van der Waals surface area contributed by atoms with E-state index in [2.05, 4.69) is 15.1 Å². The van der Waals surface area contributed by atoms with E-state index in [1.54, 1.807) is 13.0 Å². The van der Waals surface area contributed by atoms with Crippen molar-refractivity contribution in [3.05, 3.63) is 94.2 Å². The van der Waals surface area contributed by atoms with Crippen LogP contribution in [0.4, 0.5) is 18.9 Å². The zero-order valence-corrected chi connectivity index (χ0v) is 22.1. The molecule has 14 heteroatoms. The molecule has 0 spiro atoms. The van der Waals surface area contributed by atoms with Gasteiger partial charge in [0.25, 0.3) is 5.91 Å². The maximum absolute atomic E-state index is 13.7. The van der Waals surface area contributed by atoms with E-state index in [-0.39, 0.29) is 28.3 Å². The number of anilines is 1. The number of ether oxygens (including phenoxy) is 1. The Morgan fingerprint density at radius 1 is 1.12 bits per heavy atom. The summed E-state index contributed by atoms with van der Waals surface area (Å²) in [6.07, 6.45) is -3.41. The molecule has 0 saturated heterocycles. The smallest absolute Gasteiger partial charge is 0.436 e. The van der Waals surface area contributed by atoms with Gasteiger partial charge in [-0.3, -0.25) is 4.79 Å². The van der Waals surface area contributed by atoms with Crippen LogP contribution in [-0.4, -0.2) is 43.8 Å². The van der Waals surface area contributed by atoms with Crippen molar-refractivity contribution in [1.29, 1.82) is 0 Å². The van der Waals surface area contributed by atoms with Gasteiger partial charge in [0.05, 0.1) is 28.2 Å². The molecular formula is C27H19ClF3N5O5. The molecule has 5 rings (SSSR count). The van der Waals surface area contributed by atoms with Gasteiger partial charge in [-0.15, -0.1) is 0 Å². The van der Waals surface area contributed by atoms with Gasteiger partial charge >= 0.3 is 12.1 Å². The molecule has 5 aromatic rings. The summed E-state index contributed by atoms with van der Waals surface area (Å²) in [5.41, 5.74) is 0.0193. The zero-order valence-electron chi connectivity index (χ0n) is 21.3. The fraction of sp³-hybridized carbons (Fsp3) is 0.148. The Balaban J connectivity index is 1.46. The van der Waals surface area contributed by atoms with Gasteiger partial charge < -0.3 is 19.2 Å². The molecule has 0 fully saturated rings. The molecule has 1 N–H and O–H groups in total. The number of carbonyl (C=O) groups is 2. The predicted molar refractivity (Wildman–Crippen MR) is 141 cm³/mol. The number of halogens is 4. The second kappa shape index (κ2) is 10.6. The molecule has 10 nitrogen and oxygen atoms in total. The highest BCUT2D eigenvalue weighted by Gasteiger charge is 2.39. The van der Waals surface area contributed by atoms with Gasteiger partial charge in [0.1, 0.15) is 18.1 Å². The van der Waals surface area contributed by atoms with E-state index >= 15 is 0 Å². The Kier molecular flexibility index (Phi) is 7.13. The van der Waals surface area contributed by atoms with E-state index in [4.69, 9.17) is 25.9 Å². The van der Waals surface area contributed by atoms with Crippen LogP contribution in [0.15, 0.2) is 65.2 Å². The van der Waals surface area contributed by atoms with Crippen LogP contribution in [-0.2, 0) is 12.8 Å². The first-order valence-corrected chi connectivity index (χ1v) is 12.2. The van der Waals surface area contributed by atoms with Crippen LogP contribution < -0.4 is 9.64 Å². The Bertz CT molecular complexity index is 1780. The number of carboxylic acid groups (broad SMARTS) is 1. The number of aromatic carboxylic acids is 1. The lowest BCUT2D eigenvalue weighted by Crippen LogP contribution is -2.26. The van der Waals surface area contributed by atoms with E-state index in [0.29, 0.717) is 22.8 Å². The van der Waals surface area contributed by atoms with Gasteiger partial charge in [0, 0.05) is 25.6 Å². The number of amides is 1. The number of fused-ring (bicyclic) bond motifs is 1. The highest BCUT2D eigenvalue weighted by atomic mass is 35.5. The number of alkyl halides is 3. The average molecular weight is 586 g/mol. The average Bonchev–Trinajstić information content (AvgIpc) is 3.49. The summed E-state index contributed by atoms with van der Waals surface area (Å²) in [6.45, 7) is 1.23. The second-order valence-electron chi connectivity index (χ2n) is 8.80. The molecule has 0 aliphatic rings. The minimum atomic E-state index is -4.86. The van der Waals surface area contributed by atoms with Gasteiger partial charge in [0.15, 0.2) is 22.8 Å². The third kappa shape index (κ3) is 5.57. The fourth-order valence-corrected chi connectivity index (χ4v) is 4.26.